The first-order chi connectivity index (χ1) is 17.3. The molecule has 1 N–H and O–H groups in total. The molecule has 0 fully saturated rings. The standard InChI is InChI=1S/C30H35ClN2O3/c1-21(2)25-15-9-11-17-28(25)36-20-29(34)33(19-24-14-8-10-16-26(24)31)27(30(35)32-22(3)4)18-23-12-6-5-7-13-23/h5-17,21-22,27H,18-20H2,1-4H3,(H,32,35)/t27-/m0/s1. The maximum atomic E-state index is 13.7. The van der Waals surface area contributed by atoms with Gasteiger partial charge in [-0.3, -0.25) is 9.59 Å². The number of hydrogen-bond acceptors (Lipinski definition) is 3. The lowest BCUT2D eigenvalue weighted by molar-refractivity contribution is -0.143. The number of rotatable bonds is 11. The number of nitrogens with zero attached hydrogens (tertiary/aromatic N) is 1. The summed E-state index contributed by atoms with van der Waals surface area (Å²) in [5.74, 6) is 0.424. The molecule has 190 valence electrons. The van der Waals surface area contributed by atoms with E-state index in [1.54, 1.807) is 11.0 Å². The van der Waals surface area contributed by atoms with Gasteiger partial charge in [-0.1, -0.05) is 92.2 Å². The minimum atomic E-state index is -0.734. The van der Waals surface area contributed by atoms with E-state index in [4.69, 9.17) is 16.3 Å². The molecule has 0 aromatic heterocycles. The lowest BCUT2D eigenvalue weighted by Crippen LogP contribution is -2.52. The van der Waals surface area contributed by atoms with Crippen molar-refractivity contribution in [2.75, 3.05) is 6.61 Å². The molecule has 0 saturated heterocycles. The van der Waals surface area contributed by atoms with Gasteiger partial charge >= 0.3 is 0 Å². The fourth-order valence-corrected chi connectivity index (χ4v) is 4.25. The molecule has 0 heterocycles. The first-order valence-electron chi connectivity index (χ1n) is 12.3. The maximum absolute atomic E-state index is 13.7. The summed E-state index contributed by atoms with van der Waals surface area (Å²) in [4.78, 5) is 28.7. The Hall–Kier alpha value is -3.31. The lowest BCUT2D eigenvalue weighted by atomic mass is 10.0. The van der Waals surface area contributed by atoms with Crippen molar-refractivity contribution in [3.05, 3.63) is 101 Å². The van der Waals surface area contributed by atoms with Crippen LogP contribution >= 0.6 is 11.6 Å². The van der Waals surface area contributed by atoms with E-state index in [2.05, 4.69) is 19.2 Å². The summed E-state index contributed by atoms with van der Waals surface area (Å²) in [7, 11) is 0. The maximum Gasteiger partial charge on any atom is 0.261 e. The van der Waals surface area contributed by atoms with Crippen LogP contribution in [0.5, 0.6) is 5.75 Å². The van der Waals surface area contributed by atoms with Crippen molar-refractivity contribution < 1.29 is 14.3 Å². The van der Waals surface area contributed by atoms with Crippen LogP contribution in [0.4, 0.5) is 0 Å². The number of carbonyl (C=O) groups excluding carboxylic acids is 2. The van der Waals surface area contributed by atoms with Crippen LogP contribution in [0.1, 0.15) is 50.3 Å². The number of ether oxygens (including phenoxy) is 1. The van der Waals surface area contributed by atoms with Crippen LogP contribution in [0, 0.1) is 0 Å². The van der Waals surface area contributed by atoms with Gasteiger partial charge in [-0.15, -0.1) is 0 Å². The number of amides is 2. The quantitative estimate of drug-likeness (QED) is 0.346. The summed E-state index contributed by atoms with van der Waals surface area (Å²) in [5.41, 5.74) is 2.76. The molecule has 0 radical (unpaired) electrons. The summed E-state index contributed by atoms with van der Waals surface area (Å²) in [5, 5.41) is 3.54. The molecule has 3 aromatic carbocycles. The van der Waals surface area contributed by atoms with Crippen LogP contribution in [-0.4, -0.2) is 35.4 Å². The van der Waals surface area contributed by atoms with Gasteiger partial charge in [0, 0.05) is 24.0 Å². The molecule has 0 spiro atoms. The third kappa shape index (κ3) is 7.59. The summed E-state index contributed by atoms with van der Waals surface area (Å²) in [6.45, 7) is 7.98. The predicted molar refractivity (Wildman–Crippen MR) is 145 cm³/mol. The number of halogens is 1. The average molecular weight is 507 g/mol. The van der Waals surface area contributed by atoms with Crippen LogP contribution < -0.4 is 10.1 Å². The van der Waals surface area contributed by atoms with Crippen LogP contribution in [0.25, 0.3) is 0 Å². The number of nitrogens with one attached hydrogen (secondary N) is 1. The van der Waals surface area contributed by atoms with E-state index in [9.17, 15) is 9.59 Å². The first kappa shape index (κ1) is 27.3. The Kier molecular flexibility index (Phi) is 9.95. The van der Waals surface area contributed by atoms with E-state index in [1.807, 2.05) is 86.6 Å². The summed E-state index contributed by atoms with van der Waals surface area (Å²) in [6, 6.07) is 24.0. The highest BCUT2D eigenvalue weighted by Gasteiger charge is 2.31. The van der Waals surface area contributed by atoms with Crippen molar-refractivity contribution in [2.24, 2.45) is 0 Å². The van der Waals surface area contributed by atoms with E-state index in [0.29, 0.717) is 17.2 Å². The third-order valence-corrected chi connectivity index (χ3v) is 6.26. The van der Waals surface area contributed by atoms with Crippen molar-refractivity contribution in [3.63, 3.8) is 0 Å². The molecule has 3 aromatic rings. The van der Waals surface area contributed by atoms with Crippen LogP contribution in [0.3, 0.4) is 0 Å². The Morgan fingerprint density at radius 1 is 0.889 bits per heavy atom. The Morgan fingerprint density at radius 2 is 1.53 bits per heavy atom. The Balaban J connectivity index is 1.94. The molecule has 1 atom stereocenters. The molecular weight excluding hydrogens is 472 g/mol. The van der Waals surface area contributed by atoms with Crippen molar-refractivity contribution in [3.8, 4) is 5.75 Å². The highest BCUT2D eigenvalue weighted by Crippen LogP contribution is 2.26. The Bertz CT molecular complexity index is 1150. The van der Waals surface area contributed by atoms with E-state index in [1.165, 1.54) is 0 Å². The highest BCUT2D eigenvalue weighted by atomic mass is 35.5. The normalized spacial score (nSPS) is 11.9. The molecule has 0 aliphatic heterocycles. The molecule has 0 unspecified atom stereocenters. The van der Waals surface area contributed by atoms with E-state index in [-0.39, 0.29) is 36.9 Å². The van der Waals surface area contributed by atoms with E-state index >= 15 is 0 Å². The molecule has 36 heavy (non-hydrogen) atoms. The minimum Gasteiger partial charge on any atom is -0.483 e. The SMILES string of the molecule is CC(C)NC(=O)[C@H](Cc1ccccc1)N(Cc1ccccc1Cl)C(=O)COc1ccccc1C(C)C. The second-order valence-corrected chi connectivity index (χ2v) is 9.87. The third-order valence-electron chi connectivity index (χ3n) is 5.89. The van der Waals surface area contributed by atoms with E-state index < -0.39 is 6.04 Å². The van der Waals surface area contributed by atoms with Gasteiger partial charge in [-0.2, -0.15) is 0 Å². The average Bonchev–Trinajstić information content (AvgIpc) is 2.86. The highest BCUT2D eigenvalue weighted by molar-refractivity contribution is 6.31. The van der Waals surface area contributed by atoms with Crippen LogP contribution in [0.15, 0.2) is 78.9 Å². The van der Waals surface area contributed by atoms with Crippen molar-refractivity contribution >= 4 is 23.4 Å². The number of hydrogen-bond donors (Lipinski definition) is 1. The van der Waals surface area contributed by atoms with Gasteiger partial charge in [0.25, 0.3) is 5.91 Å². The Labute approximate surface area is 219 Å². The van der Waals surface area contributed by atoms with Crippen molar-refractivity contribution in [1.82, 2.24) is 10.2 Å². The number of para-hydroxylation sites is 1. The number of benzene rings is 3. The van der Waals surface area contributed by atoms with Crippen molar-refractivity contribution in [1.29, 1.82) is 0 Å². The van der Waals surface area contributed by atoms with E-state index in [0.717, 1.165) is 16.7 Å². The monoisotopic (exact) mass is 506 g/mol. The fourth-order valence-electron chi connectivity index (χ4n) is 4.06. The summed E-state index contributed by atoms with van der Waals surface area (Å²) < 4.78 is 6.01. The molecule has 2 amide bonds. The molecule has 0 saturated carbocycles. The molecule has 6 heteroatoms. The second kappa shape index (κ2) is 13.1. The lowest BCUT2D eigenvalue weighted by Gasteiger charge is -2.32. The molecule has 0 bridgehead atoms. The Morgan fingerprint density at radius 3 is 2.19 bits per heavy atom. The zero-order valence-corrected chi connectivity index (χ0v) is 22.2. The molecule has 0 aliphatic carbocycles. The zero-order chi connectivity index (χ0) is 26.1. The molecule has 5 nitrogen and oxygen atoms in total. The van der Waals surface area contributed by atoms with Gasteiger partial charge < -0.3 is 15.0 Å². The first-order valence-corrected chi connectivity index (χ1v) is 12.7. The largest absolute Gasteiger partial charge is 0.483 e. The smallest absolute Gasteiger partial charge is 0.261 e. The second-order valence-electron chi connectivity index (χ2n) is 9.46. The fraction of sp³-hybridized carbons (Fsp3) is 0.333. The summed E-state index contributed by atoms with van der Waals surface area (Å²) >= 11 is 6.46. The van der Waals surface area contributed by atoms with Crippen LogP contribution in [-0.2, 0) is 22.6 Å². The van der Waals surface area contributed by atoms with Gasteiger partial charge in [-0.25, -0.2) is 0 Å². The van der Waals surface area contributed by atoms with Gasteiger partial charge in [0.15, 0.2) is 6.61 Å². The molecule has 0 aliphatic rings. The van der Waals surface area contributed by atoms with Gasteiger partial charge in [0.05, 0.1) is 0 Å². The van der Waals surface area contributed by atoms with Gasteiger partial charge in [0.2, 0.25) is 5.91 Å². The van der Waals surface area contributed by atoms with Gasteiger partial charge in [0.1, 0.15) is 11.8 Å². The topological polar surface area (TPSA) is 58.6 Å². The number of carbonyl (C=O) groups is 2. The minimum absolute atomic E-state index is 0.0674. The summed E-state index contributed by atoms with van der Waals surface area (Å²) in [6.07, 6.45) is 0.373. The van der Waals surface area contributed by atoms with Crippen LogP contribution in [0.2, 0.25) is 5.02 Å². The van der Waals surface area contributed by atoms with Gasteiger partial charge in [-0.05, 0) is 48.6 Å². The molecule has 3 rings (SSSR count). The predicted octanol–water partition coefficient (Wildman–Crippen LogP) is 6.01. The van der Waals surface area contributed by atoms with Crippen molar-refractivity contribution in [2.45, 2.75) is 58.7 Å². The molecular formula is C30H35ClN2O3. The zero-order valence-electron chi connectivity index (χ0n) is 21.4.